The molecular formula is C12H27NO6S. The molecule has 3 unspecified atom stereocenters. The fourth-order valence-electron chi connectivity index (χ4n) is 1.37. The highest BCUT2D eigenvalue weighted by Gasteiger charge is 2.20. The molecule has 0 radical (unpaired) electrons. The second kappa shape index (κ2) is 9.64. The molecule has 0 amide bonds. The first kappa shape index (κ1) is 19.8. The van der Waals surface area contributed by atoms with Gasteiger partial charge in [-0.3, -0.25) is 0 Å². The number of sulfonamides is 1. The summed E-state index contributed by atoms with van der Waals surface area (Å²) in [5, 5.41) is 17.9. The first-order valence-electron chi connectivity index (χ1n) is 6.64. The zero-order valence-corrected chi connectivity index (χ0v) is 13.5. The minimum Gasteiger partial charge on any atom is -0.394 e. The largest absolute Gasteiger partial charge is 0.394 e. The van der Waals surface area contributed by atoms with Crippen molar-refractivity contribution >= 4 is 10.0 Å². The van der Waals surface area contributed by atoms with Crippen LogP contribution in [0.4, 0.5) is 0 Å². The number of ether oxygens (including phenoxy) is 2. The fraction of sp³-hybridized carbons (Fsp3) is 1.00. The van der Waals surface area contributed by atoms with Gasteiger partial charge in [-0.2, -0.15) is 0 Å². The van der Waals surface area contributed by atoms with Gasteiger partial charge in [0, 0.05) is 13.6 Å². The van der Waals surface area contributed by atoms with E-state index in [0.29, 0.717) is 0 Å². The molecule has 0 saturated heterocycles. The Morgan fingerprint density at radius 2 is 1.90 bits per heavy atom. The summed E-state index contributed by atoms with van der Waals surface area (Å²) >= 11 is 0. The van der Waals surface area contributed by atoms with Gasteiger partial charge in [0.15, 0.2) is 0 Å². The lowest BCUT2D eigenvalue weighted by atomic mass is 10.3. The molecule has 2 N–H and O–H groups in total. The summed E-state index contributed by atoms with van der Waals surface area (Å²) in [6.45, 7) is 3.81. The van der Waals surface area contributed by atoms with Crippen molar-refractivity contribution in [3.05, 3.63) is 0 Å². The maximum atomic E-state index is 11.4. The SMILES string of the molecule is CCC(C)OC(COCC(O)CO)CN(C)S(C)(=O)=O. The van der Waals surface area contributed by atoms with Gasteiger partial charge < -0.3 is 19.7 Å². The summed E-state index contributed by atoms with van der Waals surface area (Å²) in [6, 6.07) is 0. The number of aliphatic hydroxyl groups excluding tert-OH is 2. The molecule has 0 aromatic carbocycles. The van der Waals surface area contributed by atoms with Crippen molar-refractivity contribution in [2.45, 2.75) is 38.6 Å². The van der Waals surface area contributed by atoms with Gasteiger partial charge in [-0.25, -0.2) is 12.7 Å². The van der Waals surface area contributed by atoms with Crippen molar-refractivity contribution in [1.29, 1.82) is 0 Å². The average Bonchev–Trinajstić information content (AvgIpc) is 2.36. The maximum Gasteiger partial charge on any atom is 0.211 e. The fourth-order valence-corrected chi connectivity index (χ4v) is 1.81. The highest BCUT2D eigenvalue weighted by Crippen LogP contribution is 2.07. The van der Waals surface area contributed by atoms with Crippen LogP contribution in [0.2, 0.25) is 0 Å². The van der Waals surface area contributed by atoms with E-state index in [0.717, 1.165) is 12.7 Å². The van der Waals surface area contributed by atoms with Crippen molar-refractivity contribution < 1.29 is 28.1 Å². The molecule has 122 valence electrons. The van der Waals surface area contributed by atoms with Crippen LogP contribution in [0, 0.1) is 0 Å². The minimum atomic E-state index is -3.28. The molecular weight excluding hydrogens is 286 g/mol. The molecule has 3 atom stereocenters. The molecule has 0 aromatic heterocycles. The van der Waals surface area contributed by atoms with Gasteiger partial charge >= 0.3 is 0 Å². The number of hydrogen-bond donors (Lipinski definition) is 2. The number of nitrogens with zero attached hydrogens (tertiary/aromatic N) is 1. The molecule has 0 rings (SSSR count). The molecule has 0 fully saturated rings. The smallest absolute Gasteiger partial charge is 0.211 e. The third-order valence-electron chi connectivity index (χ3n) is 2.85. The Hall–Kier alpha value is -0.250. The molecule has 0 bridgehead atoms. The predicted octanol–water partition coefficient (Wildman–Crippen LogP) is -0.569. The van der Waals surface area contributed by atoms with E-state index in [2.05, 4.69) is 0 Å². The molecule has 0 spiro atoms. The number of hydrogen-bond acceptors (Lipinski definition) is 6. The minimum absolute atomic E-state index is 0.0144. The highest BCUT2D eigenvalue weighted by atomic mass is 32.2. The van der Waals surface area contributed by atoms with E-state index in [4.69, 9.17) is 14.6 Å². The molecule has 0 aliphatic carbocycles. The van der Waals surface area contributed by atoms with Crippen molar-refractivity contribution in [3.63, 3.8) is 0 Å². The first-order valence-corrected chi connectivity index (χ1v) is 8.48. The Labute approximate surface area is 121 Å². The van der Waals surface area contributed by atoms with E-state index in [-0.39, 0.29) is 32.5 Å². The number of likely N-dealkylation sites (N-methyl/N-ethyl adjacent to an activating group) is 1. The zero-order chi connectivity index (χ0) is 15.8. The lowest BCUT2D eigenvalue weighted by Crippen LogP contribution is -2.39. The summed E-state index contributed by atoms with van der Waals surface area (Å²) in [6.07, 6.45) is 0.559. The third kappa shape index (κ3) is 8.83. The maximum absolute atomic E-state index is 11.4. The molecule has 7 nitrogen and oxygen atoms in total. The second-order valence-electron chi connectivity index (χ2n) is 4.89. The standard InChI is InChI=1S/C12H27NO6S/c1-5-10(2)19-12(6-13(3)20(4,16)17)9-18-8-11(15)7-14/h10-12,14-15H,5-9H2,1-4H3. The Morgan fingerprint density at radius 1 is 1.30 bits per heavy atom. The molecule has 8 heteroatoms. The molecule has 20 heavy (non-hydrogen) atoms. The molecule has 0 aromatic rings. The van der Waals surface area contributed by atoms with Crippen LogP contribution < -0.4 is 0 Å². The van der Waals surface area contributed by atoms with E-state index in [1.807, 2.05) is 13.8 Å². The van der Waals surface area contributed by atoms with Gasteiger partial charge in [0.05, 0.1) is 38.3 Å². The van der Waals surface area contributed by atoms with Gasteiger partial charge in [0.1, 0.15) is 6.10 Å². The van der Waals surface area contributed by atoms with Crippen molar-refractivity contribution in [2.75, 3.05) is 39.7 Å². The van der Waals surface area contributed by atoms with Crippen molar-refractivity contribution in [1.82, 2.24) is 4.31 Å². The first-order chi connectivity index (χ1) is 9.20. The highest BCUT2D eigenvalue weighted by molar-refractivity contribution is 7.88. The van der Waals surface area contributed by atoms with Crippen LogP contribution in [0.1, 0.15) is 20.3 Å². The van der Waals surface area contributed by atoms with E-state index in [1.54, 1.807) is 0 Å². The molecule has 0 heterocycles. The number of aliphatic hydroxyl groups is 2. The lowest BCUT2D eigenvalue weighted by Gasteiger charge is -2.25. The van der Waals surface area contributed by atoms with Gasteiger partial charge in [-0.15, -0.1) is 0 Å². The van der Waals surface area contributed by atoms with Gasteiger partial charge in [-0.05, 0) is 13.3 Å². The van der Waals surface area contributed by atoms with Gasteiger partial charge in [-0.1, -0.05) is 6.92 Å². The summed E-state index contributed by atoms with van der Waals surface area (Å²) in [4.78, 5) is 0. The summed E-state index contributed by atoms with van der Waals surface area (Å²) in [7, 11) is -1.80. The quantitative estimate of drug-likeness (QED) is 0.530. The van der Waals surface area contributed by atoms with Crippen molar-refractivity contribution in [2.24, 2.45) is 0 Å². The van der Waals surface area contributed by atoms with E-state index < -0.39 is 22.2 Å². The van der Waals surface area contributed by atoms with Crippen LogP contribution in [-0.4, -0.2) is 80.9 Å². The van der Waals surface area contributed by atoms with E-state index >= 15 is 0 Å². The Kier molecular flexibility index (Phi) is 9.52. The Bertz CT molecular complexity index is 348. The van der Waals surface area contributed by atoms with Crippen LogP contribution >= 0.6 is 0 Å². The van der Waals surface area contributed by atoms with Crippen LogP contribution in [0.3, 0.4) is 0 Å². The second-order valence-corrected chi connectivity index (χ2v) is 6.98. The average molecular weight is 313 g/mol. The molecule has 0 aliphatic heterocycles. The lowest BCUT2D eigenvalue weighted by molar-refractivity contribution is -0.0734. The summed E-state index contributed by atoms with van der Waals surface area (Å²) in [5.74, 6) is 0. The van der Waals surface area contributed by atoms with Crippen LogP contribution in [-0.2, 0) is 19.5 Å². The molecule has 0 aliphatic rings. The van der Waals surface area contributed by atoms with Gasteiger partial charge in [0.25, 0.3) is 0 Å². The van der Waals surface area contributed by atoms with E-state index in [9.17, 15) is 13.5 Å². The van der Waals surface area contributed by atoms with Crippen LogP contribution in [0.5, 0.6) is 0 Å². The van der Waals surface area contributed by atoms with Crippen LogP contribution in [0.15, 0.2) is 0 Å². The van der Waals surface area contributed by atoms with Crippen molar-refractivity contribution in [3.8, 4) is 0 Å². The van der Waals surface area contributed by atoms with Gasteiger partial charge in [0.2, 0.25) is 10.0 Å². The number of rotatable bonds is 11. The summed E-state index contributed by atoms with van der Waals surface area (Å²) < 4.78 is 35.0. The van der Waals surface area contributed by atoms with E-state index in [1.165, 1.54) is 11.4 Å². The topological polar surface area (TPSA) is 96.3 Å². The van der Waals surface area contributed by atoms with Crippen LogP contribution in [0.25, 0.3) is 0 Å². The Morgan fingerprint density at radius 3 is 2.35 bits per heavy atom. The monoisotopic (exact) mass is 313 g/mol. The predicted molar refractivity (Wildman–Crippen MR) is 76.0 cm³/mol. The zero-order valence-electron chi connectivity index (χ0n) is 12.7. The molecule has 0 saturated carbocycles. The normalized spacial score (nSPS) is 17.1. The Balaban J connectivity index is 4.41. The third-order valence-corrected chi connectivity index (χ3v) is 4.13. The summed E-state index contributed by atoms with van der Waals surface area (Å²) in [5.41, 5.74) is 0.